The summed E-state index contributed by atoms with van der Waals surface area (Å²) in [4.78, 5) is 0. The number of phenols is 1. The number of fused-ring (bicyclic) bond motifs is 1. The summed E-state index contributed by atoms with van der Waals surface area (Å²) < 4.78 is 2.30. The van der Waals surface area contributed by atoms with Gasteiger partial charge in [-0.2, -0.15) is 0 Å². The third-order valence-corrected chi connectivity index (χ3v) is 4.23. The fourth-order valence-corrected chi connectivity index (χ4v) is 3.22. The number of benzene rings is 2. The highest BCUT2D eigenvalue weighted by Gasteiger charge is 2.17. The van der Waals surface area contributed by atoms with Crippen LogP contribution in [-0.2, 0) is 6.54 Å². The maximum Gasteiger partial charge on any atom is 0.116 e. The highest BCUT2D eigenvalue weighted by Crippen LogP contribution is 2.39. The molecular weight excluding hydrogens is 282 g/mol. The lowest BCUT2D eigenvalue weighted by molar-refractivity contribution is 0.476. The van der Waals surface area contributed by atoms with Gasteiger partial charge in [-0.1, -0.05) is 36.7 Å². The molecule has 21 heavy (non-hydrogen) atoms. The minimum absolute atomic E-state index is 0.282. The molecule has 0 aliphatic heterocycles. The molecule has 1 N–H and O–H groups in total. The van der Waals surface area contributed by atoms with Crippen molar-refractivity contribution in [1.82, 2.24) is 4.57 Å². The fourth-order valence-electron chi connectivity index (χ4n) is 2.99. The Kier molecular flexibility index (Phi) is 3.64. The zero-order chi connectivity index (χ0) is 15.0. The van der Waals surface area contributed by atoms with Crippen molar-refractivity contribution in [2.45, 2.75) is 26.8 Å². The predicted octanol–water partition coefficient (Wildman–Crippen LogP) is 5.39. The molecule has 0 unspecified atom stereocenters. The van der Waals surface area contributed by atoms with E-state index in [2.05, 4.69) is 18.4 Å². The number of halogens is 1. The smallest absolute Gasteiger partial charge is 0.116 e. The molecule has 0 bridgehead atoms. The van der Waals surface area contributed by atoms with Gasteiger partial charge < -0.3 is 9.67 Å². The highest BCUT2D eigenvalue weighted by molar-refractivity contribution is 6.33. The van der Waals surface area contributed by atoms with Crippen LogP contribution in [0.2, 0.25) is 5.02 Å². The van der Waals surface area contributed by atoms with E-state index in [1.54, 1.807) is 6.07 Å². The maximum atomic E-state index is 9.86. The minimum atomic E-state index is 0.282. The Morgan fingerprint density at radius 2 is 1.90 bits per heavy atom. The van der Waals surface area contributed by atoms with Crippen LogP contribution in [0.3, 0.4) is 0 Å². The third kappa shape index (κ3) is 2.30. The quantitative estimate of drug-likeness (QED) is 0.689. The third-order valence-electron chi connectivity index (χ3n) is 3.90. The summed E-state index contributed by atoms with van der Waals surface area (Å²) in [5.74, 6) is 0.282. The van der Waals surface area contributed by atoms with Gasteiger partial charge in [0.15, 0.2) is 0 Å². The van der Waals surface area contributed by atoms with Gasteiger partial charge in [0.1, 0.15) is 5.75 Å². The molecule has 0 aliphatic carbocycles. The van der Waals surface area contributed by atoms with Gasteiger partial charge >= 0.3 is 0 Å². The SMILES string of the molecule is CCCn1c(C)c(-c2ccccc2Cl)c2cc(O)ccc21. The van der Waals surface area contributed by atoms with Crippen LogP contribution in [0, 0.1) is 6.92 Å². The Balaban J connectivity index is 2.39. The van der Waals surface area contributed by atoms with Gasteiger partial charge in [0, 0.05) is 39.3 Å². The van der Waals surface area contributed by atoms with E-state index < -0.39 is 0 Å². The molecule has 3 rings (SSSR count). The number of nitrogens with zero attached hydrogens (tertiary/aromatic N) is 1. The second kappa shape index (κ2) is 5.45. The van der Waals surface area contributed by atoms with Crippen molar-refractivity contribution >= 4 is 22.5 Å². The minimum Gasteiger partial charge on any atom is -0.508 e. The lowest BCUT2D eigenvalue weighted by Crippen LogP contribution is -1.98. The number of aryl methyl sites for hydroxylation is 1. The normalized spacial score (nSPS) is 11.2. The average molecular weight is 300 g/mol. The van der Waals surface area contributed by atoms with Gasteiger partial charge in [-0.05, 0) is 37.6 Å². The van der Waals surface area contributed by atoms with E-state index in [1.807, 2.05) is 36.4 Å². The summed E-state index contributed by atoms with van der Waals surface area (Å²) in [6.45, 7) is 5.24. The second-order valence-electron chi connectivity index (χ2n) is 5.29. The van der Waals surface area contributed by atoms with Gasteiger partial charge in [0.25, 0.3) is 0 Å². The lowest BCUT2D eigenvalue weighted by Gasteiger charge is -2.08. The van der Waals surface area contributed by atoms with Gasteiger partial charge in [0.2, 0.25) is 0 Å². The molecule has 2 aromatic carbocycles. The first-order chi connectivity index (χ1) is 10.1. The molecule has 0 aliphatic rings. The van der Waals surface area contributed by atoms with Gasteiger partial charge in [0.05, 0.1) is 0 Å². The summed E-state index contributed by atoms with van der Waals surface area (Å²) >= 11 is 6.39. The Morgan fingerprint density at radius 1 is 1.14 bits per heavy atom. The molecule has 3 aromatic rings. The van der Waals surface area contributed by atoms with Crippen LogP contribution in [0.5, 0.6) is 5.75 Å². The number of phenolic OH excluding ortho intramolecular Hbond substituents is 1. The number of aromatic hydroxyl groups is 1. The van der Waals surface area contributed by atoms with Crippen LogP contribution in [0.25, 0.3) is 22.0 Å². The highest BCUT2D eigenvalue weighted by atomic mass is 35.5. The second-order valence-corrected chi connectivity index (χ2v) is 5.70. The fraction of sp³-hybridized carbons (Fsp3) is 0.222. The molecule has 108 valence electrons. The van der Waals surface area contributed by atoms with Crippen molar-refractivity contribution in [2.75, 3.05) is 0 Å². The predicted molar refractivity (Wildman–Crippen MR) is 89.1 cm³/mol. The first-order valence-corrected chi connectivity index (χ1v) is 7.58. The molecule has 0 fully saturated rings. The Hall–Kier alpha value is -1.93. The number of hydrogen-bond acceptors (Lipinski definition) is 1. The van der Waals surface area contributed by atoms with E-state index in [9.17, 15) is 5.11 Å². The van der Waals surface area contributed by atoms with E-state index in [4.69, 9.17) is 11.6 Å². The summed E-state index contributed by atoms with van der Waals surface area (Å²) in [6.07, 6.45) is 1.06. The van der Waals surface area contributed by atoms with Crippen molar-refractivity contribution < 1.29 is 5.11 Å². The van der Waals surface area contributed by atoms with Gasteiger partial charge in [-0.15, -0.1) is 0 Å². The van der Waals surface area contributed by atoms with Crippen LogP contribution in [0.1, 0.15) is 19.0 Å². The lowest BCUT2D eigenvalue weighted by atomic mass is 10.0. The Morgan fingerprint density at radius 3 is 2.62 bits per heavy atom. The zero-order valence-electron chi connectivity index (χ0n) is 12.2. The van der Waals surface area contributed by atoms with E-state index in [1.165, 1.54) is 5.69 Å². The maximum absolute atomic E-state index is 9.86. The molecule has 0 spiro atoms. The van der Waals surface area contributed by atoms with E-state index in [-0.39, 0.29) is 5.75 Å². The molecule has 2 nitrogen and oxygen atoms in total. The van der Waals surface area contributed by atoms with Gasteiger partial charge in [-0.3, -0.25) is 0 Å². The molecule has 0 saturated carbocycles. The summed E-state index contributed by atoms with van der Waals surface area (Å²) in [5.41, 5.74) is 4.45. The summed E-state index contributed by atoms with van der Waals surface area (Å²) in [6, 6.07) is 13.4. The van der Waals surface area contributed by atoms with Crippen molar-refractivity contribution in [1.29, 1.82) is 0 Å². The first-order valence-electron chi connectivity index (χ1n) is 7.20. The van der Waals surface area contributed by atoms with Crippen LogP contribution in [0.15, 0.2) is 42.5 Å². The first kappa shape index (κ1) is 14.0. The Labute approximate surface area is 129 Å². The summed E-state index contributed by atoms with van der Waals surface area (Å²) in [5, 5.41) is 11.6. The molecule has 3 heteroatoms. The van der Waals surface area contributed by atoms with E-state index >= 15 is 0 Å². The number of hydrogen-bond donors (Lipinski definition) is 1. The van der Waals surface area contributed by atoms with Crippen molar-refractivity contribution in [2.24, 2.45) is 0 Å². The van der Waals surface area contributed by atoms with E-state index in [0.717, 1.165) is 40.0 Å². The van der Waals surface area contributed by atoms with Crippen molar-refractivity contribution in [3.8, 4) is 16.9 Å². The molecule has 0 amide bonds. The summed E-state index contributed by atoms with van der Waals surface area (Å²) in [7, 11) is 0. The topological polar surface area (TPSA) is 25.2 Å². The standard InChI is InChI=1S/C18H18ClNO/c1-3-10-20-12(2)18(14-6-4-5-7-16(14)19)15-11-13(21)8-9-17(15)20/h4-9,11,21H,3,10H2,1-2H3. The van der Waals surface area contributed by atoms with Crippen molar-refractivity contribution in [3.63, 3.8) is 0 Å². The zero-order valence-corrected chi connectivity index (χ0v) is 13.0. The number of aromatic nitrogens is 1. The molecule has 1 aromatic heterocycles. The van der Waals surface area contributed by atoms with Crippen LogP contribution >= 0.6 is 11.6 Å². The van der Waals surface area contributed by atoms with Crippen LogP contribution in [-0.4, -0.2) is 9.67 Å². The number of rotatable bonds is 3. The largest absolute Gasteiger partial charge is 0.508 e. The molecule has 0 atom stereocenters. The molecule has 1 heterocycles. The van der Waals surface area contributed by atoms with Crippen LogP contribution in [0.4, 0.5) is 0 Å². The molecule has 0 saturated heterocycles. The molecule has 0 radical (unpaired) electrons. The van der Waals surface area contributed by atoms with Crippen LogP contribution < -0.4 is 0 Å². The molecular formula is C18H18ClNO. The Bertz CT molecular complexity index is 804. The van der Waals surface area contributed by atoms with Gasteiger partial charge in [-0.25, -0.2) is 0 Å². The van der Waals surface area contributed by atoms with Crippen molar-refractivity contribution in [3.05, 3.63) is 53.2 Å². The van der Waals surface area contributed by atoms with E-state index in [0.29, 0.717) is 0 Å². The average Bonchev–Trinajstić information content (AvgIpc) is 2.72. The monoisotopic (exact) mass is 299 g/mol.